The number of aromatic carboxylic acids is 1. The van der Waals surface area contributed by atoms with E-state index in [1.165, 1.54) is 6.20 Å². The van der Waals surface area contributed by atoms with Crippen LogP contribution in [-0.4, -0.2) is 52.2 Å². The topological polar surface area (TPSA) is 75.4 Å². The molecule has 0 amide bonds. The maximum Gasteiger partial charge on any atom is 0.357 e. The smallest absolute Gasteiger partial charge is 0.357 e. The number of hydrogen-bond acceptors (Lipinski definition) is 4. The molecule has 1 atom stereocenters. The second kappa shape index (κ2) is 4.05. The van der Waals surface area contributed by atoms with Gasteiger partial charge in [0.05, 0.1) is 11.6 Å². The molecule has 0 spiro atoms. The fourth-order valence-electron chi connectivity index (χ4n) is 1.97. The van der Waals surface area contributed by atoms with Gasteiger partial charge in [0, 0.05) is 12.7 Å². The van der Waals surface area contributed by atoms with Crippen LogP contribution in [0.2, 0.25) is 0 Å². The average molecular weight is 223 g/mol. The van der Waals surface area contributed by atoms with Crippen LogP contribution < -0.4 is 0 Å². The summed E-state index contributed by atoms with van der Waals surface area (Å²) in [5, 5.41) is 12.8. The van der Waals surface area contributed by atoms with E-state index in [2.05, 4.69) is 10.00 Å². The Morgan fingerprint density at radius 2 is 2.44 bits per heavy atom. The summed E-state index contributed by atoms with van der Waals surface area (Å²) in [6, 6.07) is 0.164. The highest BCUT2D eigenvalue weighted by atomic mass is 16.4. The molecule has 0 bridgehead atoms. The molecule has 1 unspecified atom stereocenters. The summed E-state index contributed by atoms with van der Waals surface area (Å²) in [5.41, 5.74) is -0.0217. The highest BCUT2D eigenvalue weighted by Crippen LogP contribution is 2.20. The predicted molar refractivity (Wildman–Crippen MR) is 55.7 cm³/mol. The molecule has 1 fully saturated rings. The summed E-state index contributed by atoms with van der Waals surface area (Å²) in [6.45, 7) is 1.79. The number of likely N-dealkylation sites (tertiary alicyclic amines) is 1. The number of carboxylic acids is 1. The zero-order valence-corrected chi connectivity index (χ0v) is 8.96. The van der Waals surface area contributed by atoms with E-state index in [-0.39, 0.29) is 17.3 Å². The Balaban J connectivity index is 2.29. The molecule has 2 heterocycles. The van der Waals surface area contributed by atoms with Crippen LogP contribution in [0.5, 0.6) is 0 Å². The Labute approximate surface area is 92.5 Å². The summed E-state index contributed by atoms with van der Waals surface area (Å²) < 4.78 is 1.59. The lowest BCUT2D eigenvalue weighted by Crippen LogP contribution is -2.17. The number of aldehydes is 1. The highest BCUT2D eigenvalue weighted by Gasteiger charge is 2.24. The molecule has 1 aliphatic heterocycles. The fraction of sp³-hybridized carbons (Fsp3) is 0.500. The maximum atomic E-state index is 10.8. The lowest BCUT2D eigenvalue weighted by Gasteiger charge is -2.10. The number of likely N-dealkylation sites (N-methyl/N-ethyl adjacent to an activating group) is 1. The zero-order chi connectivity index (χ0) is 11.7. The van der Waals surface area contributed by atoms with Crippen LogP contribution in [0.1, 0.15) is 33.3 Å². The summed E-state index contributed by atoms with van der Waals surface area (Å²) in [4.78, 5) is 23.7. The third-order valence-corrected chi connectivity index (χ3v) is 2.83. The van der Waals surface area contributed by atoms with Crippen molar-refractivity contribution < 1.29 is 14.7 Å². The highest BCUT2D eigenvalue weighted by molar-refractivity contribution is 5.95. The fourth-order valence-corrected chi connectivity index (χ4v) is 1.97. The molecule has 1 aromatic heterocycles. The molecule has 1 N–H and O–H groups in total. The lowest BCUT2D eigenvalue weighted by atomic mass is 10.2. The van der Waals surface area contributed by atoms with Crippen LogP contribution in [0.3, 0.4) is 0 Å². The van der Waals surface area contributed by atoms with Crippen molar-refractivity contribution in [3.05, 3.63) is 17.5 Å². The number of carbonyl (C=O) groups excluding carboxylic acids is 1. The molecule has 0 saturated carbocycles. The van der Waals surface area contributed by atoms with Crippen molar-refractivity contribution in [2.75, 3.05) is 20.1 Å². The van der Waals surface area contributed by atoms with Gasteiger partial charge in [-0.15, -0.1) is 0 Å². The first-order chi connectivity index (χ1) is 7.61. The molecule has 0 aromatic carbocycles. The van der Waals surface area contributed by atoms with E-state index in [0.717, 1.165) is 19.5 Å². The molecular formula is C10H13N3O3. The minimum atomic E-state index is -1.16. The van der Waals surface area contributed by atoms with Crippen molar-refractivity contribution in [2.24, 2.45) is 0 Å². The first-order valence-corrected chi connectivity index (χ1v) is 5.08. The van der Waals surface area contributed by atoms with Gasteiger partial charge in [-0.3, -0.25) is 9.48 Å². The number of carbonyl (C=O) groups is 2. The van der Waals surface area contributed by atoms with Crippen LogP contribution in [0.15, 0.2) is 6.20 Å². The van der Waals surface area contributed by atoms with Crippen molar-refractivity contribution >= 4 is 12.3 Å². The molecule has 86 valence electrons. The third kappa shape index (κ3) is 1.83. The second-order valence-corrected chi connectivity index (χ2v) is 4.04. The minimum Gasteiger partial charge on any atom is -0.476 e. The molecule has 16 heavy (non-hydrogen) atoms. The largest absolute Gasteiger partial charge is 0.476 e. The maximum absolute atomic E-state index is 10.8. The molecule has 6 heteroatoms. The van der Waals surface area contributed by atoms with Gasteiger partial charge in [-0.25, -0.2) is 4.79 Å². The average Bonchev–Trinajstić information content (AvgIpc) is 2.82. The van der Waals surface area contributed by atoms with Crippen LogP contribution in [0.4, 0.5) is 0 Å². The van der Waals surface area contributed by atoms with Crippen LogP contribution >= 0.6 is 0 Å². The van der Waals surface area contributed by atoms with Crippen molar-refractivity contribution in [1.29, 1.82) is 0 Å². The summed E-state index contributed by atoms with van der Waals surface area (Å²) >= 11 is 0. The number of hydrogen-bond donors (Lipinski definition) is 1. The van der Waals surface area contributed by atoms with Crippen LogP contribution in [0, 0.1) is 0 Å². The molecular weight excluding hydrogens is 210 g/mol. The van der Waals surface area contributed by atoms with Gasteiger partial charge in [0.1, 0.15) is 0 Å². The van der Waals surface area contributed by atoms with Gasteiger partial charge in [-0.2, -0.15) is 5.10 Å². The quantitative estimate of drug-likeness (QED) is 0.744. The van der Waals surface area contributed by atoms with Crippen molar-refractivity contribution in [1.82, 2.24) is 14.7 Å². The Kier molecular flexibility index (Phi) is 2.74. The molecule has 1 saturated heterocycles. The minimum absolute atomic E-state index is 0.141. The second-order valence-electron chi connectivity index (χ2n) is 4.04. The van der Waals surface area contributed by atoms with E-state index in [0.29, 0.717) is 6.29 Å². The van der Waals surface area contributed by atoms with E-state index in [4.69, 9.17) is 5.11 Å². The number of aromatic nitrogens is 2. The normalized spacial score (nSPS) is 21.2. The molecule has 1 aliphatic rings. The van der Waals surface area contributed by atoms with Gasteiger partial charge < -0.3 is 10.0 Å². The Bertz CT molecular complexity index is 427. The monoisotopic (exact) mass is 223 g/mol. The van der Waals surface area contributed by atoms with E-state index >= 15 is 0 Å². The number of carboxylic acid groups (broad SMARTS) is 1. The lowest BCUT2D eigenvalue weighted by molar-refractivity contribution is 0.0686. The Morgan fingerprint density at radius 1 is 1.69 bits per heavy atom. The standard InChI is InChI=1S/C10H13N3O3/c1-12-3-2-8(5-12)13-4-7(6-14)9(11-13)10(15)16/h4,6,8H,2-3,5H2,1H3,(H,15,16). The molecule has 6 nitrogen and oxygen atoms in total. The SMILES string of the molecule is CN1CCC(n2cc(C=O)c(C(=O)O)n2)C1. The van der Waals surface area contributed by atoms with Gasteiger partial charge in [-0.1, -0.05) is 0 Å². The number of rotatable bonds is 3. The predicted octanol–water partition coefficient (Wildman–Crippen LogP) is 0.270. The van der Waals surface area contributed by atoms with E-state index in [1.54, 1.807) is 4.68 Å². The van der Waals surface area contributed by atoms with Gasteiger partial charge in [0.15, 0.2) is 12.0 Å². The molecule has 2 rings (SSSR count). The first kappa shape index (κ1) is 10.8. The van der Waals surface area contributed by atoms with Gasteiger partial charge in [-0.05, 0) is 20.0 Å². The van der Waals surface area contributed by atoms with Gasteiger partial charge in [0.25, 0.3) is 0 Å². The Hall–Kier alpha value is -1.69. The van der Waals surface area contributed by atoms with E-state index in [9.17, 15) is 9.59 Å². The third-order valence-electron chi connectivity index (χ3n) is 2.83. The van der Waals surface area contributed by atoms with Crippen LogP contribution in [0.25, 0.3) is 0 Å². The number of nitrogens with zero attached hydrogens (tertiary/aromatic N) is 3. The van der Waals surface area contributed by atoms with Gasteiger partial charge >= 0.3 is 5.97 Å². The van der Waals surface area contributed by atoms with Crippen molar-refractivity contribution in [2.45, 2.75) is 12.5 Å². The van der Waals surface area contributed by atoms with Crippen molar-refractivity contribution in [3.63, 3.8) is 0 Å². The summed E-state index contributed by atoms with van der Waals surface area (Å²) in [5.74, 6) is -1.16. The van der Waals surface area contributed by atoms with E-state index in [1.807, 2.05) is 7.05 Å². The molecule has 1 aromatic rings. The van der Waals surface area contributed by atoms with Crippen LogP contribution in [-0.2, 0) is 0 Å². The summed E-state index contributed by atoms with van der Waals surface area (Å²) in [7, 11) is 2.00. The first-order valence-electron chi connectivity index (χ1n) is 5.08. The summed E-state index contributed by atoms with van der Waals surface area (Å²) in [6.07, 6.45) is 2.97. The Morgan fingerprint density at radius 3 is 2.88 bits per heavy atom. The molecule has 0 aliphatic carbocycles. The zero-order valence-electron chi connectivity index (χ0n) is 8.96. The van der Waals surface area contributed by atoms with Crippen molar-refractivity contribution in [3.8, 4) is 0 Å². The molecule has 0 radical (unpaired) electrons. The van der Waals surface area contributed by atoms with Gasteiger partial charge in [0.2, 0.25) is 0 Å². The van der Waals surface area contributed by atoms with E-state index < -0.39 is 5.97 Å².